The van der Waals surface area contributed by atoms with Crippen LogP contribution in [0.1, 0.15) is 68.3 Å². The van der Waals surface area contributed by atoms with Crippen LogP contribution >= 0.6 is 21.6 Å². The molecule has 1 fully saturated rings. The van der Waals surface area contributed by atoms with Gasteiger partial charge in [-0.05, 0) is 33.1 Å². The first-order valence-corrected chi connectivity index (χ1v) is 12.9. The average molecular weight is 446 g/mol. The predicted octanol–water partition coefficient (Wildman–Crippen LogP) is 4.56. The van der Waals surface area contributed by atoms with Gasteiger partial charge in [0.2, 0.25) is 17.5 Å². The standard InChI is InChI=1S/C23H27NO4S2/c1-23(2)18(24-19(25)10-6-3-7-14-11-12-29-30-14)13-17-21(27)20(26)15-8-4-5-9-16(15)22(17)28-23/h4-5,8-9,14,18H,3,6-7,10-13H2,1-2H3,(H,24,25)/t14-,18?/m1/s1. The van der Waals surface area contributed by atoms with E-state index in [9.17, 15) is 14.4 Å². The van der Waals surface area contributed by atoms with E-state index in [-0.39, 0.29) is 11.9 Å². The normalized spacial score (nSPS) is 24.9. The van der Waals surface area contributed by atoms with Crippen molar-refractivity contribution in [2.45, 2.75) is 69.3 Å². The van der Waals surface area contributed by atoms with Crippen LogP contribution in [0.5, 0.6) is 0 Å². The Bertz CT molecular complexity index is 902. The minimum atomic E-state index is -0.681. The summed E-state index contributed by atoms with van der Waals surface area (Å²) < 4.78 is 6.22. The zero-order valence-corrected chi connectivity index (χ0v) is 19.0. The van der Waals surface area contributed by atoms with Crippen molar-refractivity contribution in [3.63, 3.8) is 0 Å². The van der Waals surface area contributed by atoms with Crippen molar-refractivity contribution in [3.8, 4) is 0 Å². The van der Waals surface area contributed by atoms with Crippen LogP contribution in [0.4, 0.5) is 0 Å². The number of unbranched alkanes of at least 4 members (excludes halogenated alkanes) is 1. The van der Waals surface area contributed by atoms with E-state index < -0.39 is 17.2 Å². The summed E-state index contributed by atoms with van der Waals surface area (Å²) in [5.74, 6) is 0.670. The Balaban J connectivity index is 1.41. The van der Waals surface area contributed by atoms with Gasteiger partial charge in [-0.1, -0.05) is 52.3 Å². The van der Waals surface area contributed by atoms with Crippen LogP contribution in [0.3, 0.4) is 0 Å². The minimum Gasteiger partial charge on any atom is -0.485 e. The van der Waals surface area contributed by atoms with Gasteiger partial charge >= 0.3 is 0 Å². The van der Waals surface area contributed by atoms with Gasteiger partial charge in [0, 0.05) is 40.5 Å². The highest BCUT2D eigenvalue weighted by Crippen LogP contribution is 2.42. The molecule has 2 aliphatic heterocycles. The van der Waals surface area contributed by atoms with Crippen LogP contribution in [0, 0.1) is 0 Å². The van der Waals surface area contributed by atoms with Crippen molar-refractivity contribution >= 4 is 44.8 Å². The van der Waals surface area contributed by atoms with Crippen molar-refractivity contribution in [1.82, 2.24) is 5.32 Å². The maximum absolute atomic E-state index is 12.7. The van der Waals surface area contributed by atoms with E-state index in [2.05, 4.69) is 5.32 Å². The summed E-state index contributed by atoms with van der Waals surface area (Å²) in [7, 11) is 3.91. The van der Waals surface area contributed by atoms with E-state index in [1.807, 2.05) is 47.6 Å². The molecule has 1 aromatic rings. The number of hydrogen-bond acceptors (Lipinski definition) is 6. The lowest BCUT2D eigenvalue weighted by atomic mass is 9.80. The maximum Gasteiger partial charge on any atom is 0.234 e. The monoisotopic (exact) mass is 445 g/mol. The van der Waals surface area contributed by atoms with Gasteiger partial charge in [-0.2, -0.15) is 0 Å². The Morgan fingerprint density at radius 2 is 1.93 bits per heavy atom. The maximum atomic E-state index is 12.7. The molecule has 0 spiro atoms. The molecule has 2 atom stereocenters. The van der Waals surface area contributed by atoms with Crippen molar-refractivity contribution < 1.29 is 19.1 Å². The Kier molecular flexibility index (Phi) is 6.30. The molecule has 1 N–H and O–H groups in total. The number of hydrogen-bond donors (Lipinski definition) is 1. The molecule has 0 saturated carbocycles. The number of Topliss-reactive ketones (excluding diaryl/α,β-unsaturated/α-hetero) is 2. The van der Waals surface area contributed by atoms with Crippen LogP contribution in [0.25, 0.3) is 5.76 Å². The number of amides is 1. The summed E-state index contributed by atoms with van der Waals surface area (Å²) in [5.41, 5.74) is 0.746. The minimum absolute atomic E-state index is 0.0239. The van der Waals surface area contributed by atoms with Crippen molar-refractivity contribution in [2.75, 3.05) is 5.75 Å². The number of ketones is 2. The molecule has 1 aliphatic carbocycles. The Hall–Kier alpha value is -1.73. The molecular weight excluding hydrogens is 418 g/mol. The highest BCUT2D eigenvalue weighted by molar-refractivity contribution is 8.77. The molecule has 1 aromatic carbocycles. The number of fused-ring (bicyclic) bond motifs is 2. The van der Waals surface area contributed by atoms with Crippen molar-refractivity contribution in [1.29, 1.82) is 0 Å². The lowest BCUT2D eigenvalue weighted by Crippen LogP contribution is -2.54. The Labute approximate surface area is 185 Å². The fourth-order valence-electron chi connectivity index (χ4n) is 4.20. The van der Waals surface area contributed by atoms with E-state index in [1.165, 1.54) is 12.2 Å². The Morgan fingerprint density at radius 3 is 2.67 bits per heavy atom. The van der Waals surface area contributed by atoms with Crippen molar-refractivity contribution in [3.05, 3.63) is 41.0 Å². The molecular formula is C23H27NO4S2. The fraction of sp³-hybridized carbons (Fsp3) is 0.522. The highest BCUT2D eigenvalue weighted by atomic mass is 33.1. The molecule has 0 bridgehead atoms. The third-order valence-electron chi connectivity index (χ3n) is 6.03. The number of carbonyl (C=O) groups excluding carboxylic acids is 3. The van der Waals surface area contributed by atoms with Crippen LogP contribution in [0.15, 0.2) is 29.8 Å². The molecule has 1 saturated heterocycles. The van der Waals surface area contributed by atoms with Gasteiger partial charge in [-0.3, -0.25) is 14.4 Å². The molecule has 1 amide bonds. The quantitative estimate of drug-likeness (QED) is 0.393. The topological polar surface area (TPSA) is 72.5 Å². The SMILES string of the molecule is CC1(C)OC2=C(CC1NC(=O)CCCC[C@@H]1CCSS1)C(=O)C(=O)c1ccccc12. The first kappa shape index (κ1) is 21.5. The van der Waals surface area contributed by atoms with Gasteiger partial charge in [-0.25, -0.2) is 0 Å². The third kappa shape index (κ3) is 4.33. The highest BCUT2D eigenvalue weighted by Gasteiger charge is 2.45. The third-order valence-corrected chi connectivity index (χ3v) is 9.03. The summed E-state index contributed by atoms with van der Waals surface area (Å²) in [5, 5.41) is 3.79. The predicted molar refractivity (Wildman–Crippen MR) is 121 cm³/mol. The molecule has 1 unspecified atom stereocenters. The second kappa shape index (κ2) is 8.79. The number of carbonyl (C=O) groups is 3. The summed E-state index contributed by atoms with van der Waals surface area (Å²) in [6.07, 6.45) is 5.12. The van der Waals surface area contributed by atoms with E-state index in [0.717, 1.165) is 24.5 Å². The van der Waals surface area contributed by atoms with E-state index in [1.54, 1.807) is 12.1 Å². The Morgan fingerprint density at radius 1 is 1.17 bits per heavy atom. The number of benzene rings is 1. The number of ether oxygens (including phenoxy) is 1. The average Bonchev–Trinajstić information content (AvgIpc) is 3.24. The van der Waals surface area contributed by atoms with E-state index >= 15 is 0 Å². The molecule has 0 aromatic heterocycles. The van der Waals surface area contributed by atoms with Crippen molar-refractivity contribution in [2.24, 2.45) is 0 Å². The molecule has 2 heterocycles. The largest absolute Gasteiger partial charge is 0.485 e. The van der Waals surface area contributed by atoms with Gasteiger partial charge in [-0.15, -0.1) is 0 Å². The van der Waals surface area contributed by atoms with Gasteiger partial charge in [0.05, 0.1) is 6.04 Å². The second-order valence-electron chi connectivity index (χ2n) is 8.62. The van der Waals surface area contributed by atoms with Gasteiger partial charge < -0.3 is 10.1 Å². The molecule has 30 heavy (non-hydrogen) atoms. The summed E-state index contributed by atoms with van der Waals surface area (Å²) in [6, 6.07) is 6.70. The molecule has 4 rings (SSSR count). The molecule has 5 nitrogen and oxygen atoms in total. The molecule has 3 aliphatic rings. The lowest BCUT2D eigenvalue weighted by Gasteiger charge is -2.42. The number of nitrogens with one attached hydrogen (secondary N) is 1. The second-order valence-corrected chi connectivity index (χ2v) is 11.4. The summed E-state index contributed by atoms with van der Waals surface area (Å²) >= 11 is 0. The fourth-order valence-corrected chi connectivity index (χ4v) is 7.23. The molecule has 160 valence electrons. The van der Waals surface area contributed by atoms with Crippen LogP contribution in [0.2, 0.25) is 0 Å². The van der Waals surface area contributed by atoms with E-state index in [0.29, 0.717) is 35.3 Å². The smallest absolute Gasteiger partial charge is 0.234 e. The molecule has 7 heteroatoms. The first-order valence-electron chi connectivity index (χ1n) is 10.5. The zero-order chi connectivity index (χ0) is 21.3. The van der Waals surface area contributed by atoms with Gasteiger partial charge in [0.25, 0.3) is 0 Å². The van der Waals surface area contributed by atoms with Crippen LogP contribution in [-0.4, -0.2) is 40.1 Å². The van der Waals surface area contributed by atoms with Gasteiger partial charge in [0.1, 0.15) is 11.4 Å². The first-order chi connectivity index (χ1) is 14.4. The van der Waals surface area contributed by atoms with Crippen LogP contribution < -0.4 is 5.32 Å². The number of rotatable bonds is 6. The van der Waals surface area contributed by atoms with Crippen LogP contribution in [-0.2, 0) is 14.3 Å². The summed E-state index contributed by atoms with van der Waals surface area (Å²) in [6.45, 7) is 3.83. The molecule has 0 radical (unpaired) electrons. The lowest BCUT2D eigenvalue weighted by molar-refractivity contribution is -0.124. The van der Waals surface area contributed by atoms with E-state index in [4.69, 9.17) is 4.74 Å². The zero-order valence-electron chi connectivity index (χ0n) is 17.4. The summed E-state index contributed by atoms with van der Waals surface area (Å²) in [4.78, 5) is 37.8. The van der Waals surface area contributed by atoms with Gasteiger partial charge in [0.15, 0.2) is 0 Å².